The average molecular weight is 323 g/mol. The molecule has 126 valence electrons. The molecular weight excluding hydrogens is 296 g/mol. The molecule has 2 aromatic rings. The van der Waals surface area contributed by atoms with Crippen LogP contribution in [0.3, 0.4) is 0 Å². The van der Waals surface area contributed by atoms with Gasteiger partial charge >= 0.3 is 0 Å². The third kappa shape index (κ3) is 4.68. The van der Waals surface area contributed by atoms with Gasteiger partial charge in [-0.3, -0.25) is 4.79 Å². The van der Waals surface area contributed by atoms with Crippen molar-refractivity contribution >= 4 is 5.91 Å². The van der Waals surface area contributed by atoms with Crippen LogP contribution >= 0.6 is 0 Å². The van der Waals surface area contributed by atoms with E-state index in [1.807, 2.05) is 18.2 Å². The Morgan fingerprint density at radius 3 is 2.42 bits per heavy atom. The molecule has 1 heterocycles. The van der Waals surface area contributed by atoms with Crippen molar-refractivity contribution < 1.29 is 9.69 Å². The summed E-state index contributed by atoms with van der Waals surface area (Å²) in [6, 6.07) is 19.1. The molecule has 1 saturated heterocycles. The summed E-state index contributed by atoms with van der Waals surface area (Å²) in [5.41, 5.74) is 3.71. The summed E-state index contributed by atoms with van der Waals surface area (Å²) in [7, 11) is 0. The maximum absolute atomic E-state index is 12.3. The molecule has 1 aliphatic rings. The highest BCUT2D eigenvalue weighted by molar-refractivity contribution is 5.79. The van der Waals surface area contributed by atoms with Gasteiger partial charge < -0.3 is 10.2 Å². The Hall–Kier alpha value is -2.13. The lowest BCUT2D eigenvalue weighted by atomic mass is 10.0. The molecule has 2 N–H and O–H groups in total. The van der Waals surface area contributed by atoms with Crippen LogP contribution < -0.4 is 10.2 Å². The Morgan fingerprint density at radius 2 is 1.71 bits per heavy atom. The SMILES string of the molecule is Cc1ccccc1CC(=O)NC1CC[NH+](Cc2ccccc2)CC1. The summed E-state index contributed by atoms with van der Waals surface area (Å²) < 4.78 is 0. The third-order valence-corrected chi connectivity index (χ3v) is 4.97. The van der Waals surface area contributed by atoms with Gasteiger partial charge in [0.15, 0.2) is 0 Å². The van der Waals surface area contributed by atoms with Crippen molar-refractivity contribution in [2.45, 2.75) is 38.8 Å². The maximum atomic E-state index is 12.3. The minimum Gasteiger partial charge on any atom is -0.353 e. The van der Waals surface area contributed by atoms with E-state index in [1.165, 1.54) is 11.1 Å². The molecule has 1 amide bonds. The molecular formula is C21H27N2O+. The predicted octanol–water partition coefficient (Wildman–Crippen LogP) is 1.90. The van der Waals surface area contributed by atoms with Gasteiger partial charge in [0.2, 0.25) is 5.91 Å². The molecule has 0 spiro atoms. The first-order valence-corrected chi connectivity index (χ1v) is 8.92. The molecule has 1 aliphatic heterocycles. The van der Waals surface area contributed by atoms with Gasteiger partial charge in [-0.05, 0) is 18.1 Å². The second kappa shape index (κ2) is 8.11. The zero-order valence-corrected chi connectivity index (χ0v) is 14.4. The van der Waals surface area contributed by atoms with Crippen LogP contribution in [0.1, 0.15) is 29.5 Å². The fourth-order valence-corrected chi connectivity index (χ4v) is 3.49. The molecule has 2 aromatic carbocycles. The number of carbonyl (C=O) groups excluding carboxylic acids is 1. The monoisotopic (exact) mass is 323 g/mol. The van der Waals surface area contributed by atoms with E-state index in [-0.39, 0.29) is 5.91 Å². The Kier molecular flexibility index (Phi) is 5.65. The number of rotatable bonds is 5. The lowest BCUT2D eigenvalue weighted by Gasteiger charge is -2.30. The van der Waals surface area contributed by atoms with Crippen LogP contribution in [-0.2, 0) is 17.8 Å². The van der Waals surface area contributed by atoms with E-state index < -0.39 is 0 Å². The summed E-state index contributed by atoms with van der Waals surface area (Å²) in [5, 5.41) is 3.23. The summed E-state index contributed by atoms with van der Waals surface area (Å²) in [5.74, 6) is 0.154. The second-order valence-electron chi connectivity index (χ2n) is 6.86. The van der Waals surface area contributed by atoms with Crippen molar-refractivity contribution in [3.63, 3.8) is 0 Å². The van der Waals surface area contributed by atoms with Crippen molar-refractivity contribution in [2.75, 3.05) is 13.1 Å². The first-order chi connectivity index (χ1) is 11.7. The molecule has 0 atom stereocenters. The zero-order valence-electron chi connectivity index (χ0n) is 14.4. The summed E-state index contributed by atoms with van der Waals surface area (Å²) >= 11 is 0. The normalized spacial score (nSPS) is 20.5. The van der Waals surface area contributed by atoms with Crippen LogP contribution in [0, 0.1) is 6.92 Å². The van der Waals surface area contributed by atoms with E-state index in [1.54, 1.807) is 4.90 Å². The predicted molar refractivity (Wildman–Crippen MR) is 96.9 cm³/mol. The number of aryl methyl sites for hydroxylation is 1. The molecule has 1 fully saturated rings. The van der Waals surface area contributed by atoms with E-state index in [2.05, 4.69) is 48.6 Å². The van der Waals surface area contributed by atoms with Gasteiger partial charge in [0.25, 0.3) is 0 Å². The zero-order chi connectivity index (χ0) is 16.8. The van der Waals surface area contributed by atoms with Crippen molar-refractivity contribution in [3.8, 4) is 0 Å². The van der Waals surface area contributed by atoms with E-state index in [0.717, 1.165) is 38.0 Å². The van der Waals surface area contributed by atoms with Crippen LogP contribution in [0.5, 0.6) is 0 Å². The van der Waals surface area contributed by atoms with Crippen molar-refractivity contribution in [1.82, 2.24) is 5.32 Å². The number of nitrogens with one attached hydrogen (secondary N) is 2. The van der Waals surface area contributed by atoms with Gasteiger partial charge in [-0.25, -0.2) is 0 Å². The molecule has 0 bridgehead atoms. The highest BCUT2D eigenvalue weighted by Gasteiger charge is 2.23. The third-order valence-electron chi connectivity index (χ3n) is 4.97. The topological polar surface area (TPSA) is 33.5 Å². The molecule has 0 unspecified atom stereocenters. The van der Waals surface area contributed by atoms with E-state index in [0.29, 0.717) is 12.5 Å². The molecule has 0 aliphatic carbocycles. The minimum absolute atomic E-state index is 0.154. The van der Waals surface area contributed by atoms with Crippen molar-refractivity contribution in [1.29, 1.82) is 0 Å². The number of piperidine rings is 1. The van der Waals surface area contributed by atoms with Gasteiger partial charge in [0, 0.05) is 24.4 Å². The first kappa shape index (κ1) is 16.7. The molecule has 0 saturated carbocycles. The number of benzene rings is 2. The van der Waals surface area contributed by atoms with E-state index in [9.17, 15) is 4.79 Å². The number of amides is 1. The Morgan fingerprint density at radius 1 is 1.04 bits per heavy atom. The Balaban J connectivity index is 1.43. The molecule has 0 radical (unpaired) electrons. The quantitative estimate of drug-likeness (QED) is 0.866. The minimum atomic E-state index is 0.154. The van der Waals surface area contributed by atoms with Crippen LogP contribution in [0.4, 0.5) is 0 Å². The highest BCUT2D eigenvalue weighted by atomic mass is 16.1. The summed E-state index contributed by atoms with van der Waals surface area (Å²) in [6.45, 7) is 5.41. The Bertz CT molecular complexity index is 661. The molecule has 3 heteroatoms. The van der Waals surface area contributed by atoms with Gasteiger partial charge in [-0.2, -0.15) is 0 Å². The summed E-state index contributed by atoms with van der Waals surface area (Å²) in [6.07, 6.45) is 2.63. The van der Waals surface area contributed by atoms with Gasteiger partial charge in [0.05, 0.1) is 19.5 Å². The molecule has 24 heavy (non-hydrogen) atoms. The second-order valence-corrected chi connectivity index (χ2v) is 6.86. The number of hydrogen-bond acceptors (Lipinski definition) is 1. The van der Waals surface area contributed by atoms with Crippen molar-refractivity contribution in [3.05, 3.63) is 71.3 Å². The fraction of sp³-hybridized carbons (Fsp3) is 0.381. The largest absolute Gasteiger partial charge is 0.353 e. The average Bonchev–Trinajstić information content (AvgIpc) is 2.60. The van der Waals surface area contributed by atoms with Gasteiger partial charge in [-0.15, -0.1) is 0 Å². The molecule has 3 nitrogen and oxygen atoms in total. The number of carbonyl (C=O) groups is 1. The molecule has 3 rings (SSSR count). The summed E-state index contributed by atoms with van der Waals surface area (Å²) in [4.78, 5) is 13.9. The number of quaternary nitrogens is 1. The van der Waals surface area contributed by atoms with Crippen molar-refractivity contribution in [2.24, 2.45) is 0 Å². The number of likely N-dealkylation sites (tertiary alicyclic amines) is 1. The van der Waals surface area contributed by atoms with E-state index >= 15 is 0 Å². The standard InChI is InChI=1S/C21H26N2O/c1-17-7-5-6-10-19(17)15-21(24)22-20-11-13-23(14-12-20)16-18-8-3-2-4-9-18/h2-10,20H,11-16H2,1H3,(H,22,24)/p+1. The number of hydrogen-bond donors (Lipinski definition) is 2. The van der Waals surface area contributed by atoms with Crippen LogP contribution in [0.25, 0.3) is 0 Å². The fourth-order valence-electron chi connectivity index (χ4n) is 3.49. The van der Waals surface area contributed by atoms with Gasteiger partial charge in [0.1, 0.15) is 6.54 Å². The van der Waals surface area contributed by atoms with Crippen LogP contribution in [0.15, 0.2) is 54.6 Å². The lowest BCUT2D eigenvalue weighted by Crippen LogP contribution is -3.12. The Labute approximate surface area is 144 Å². The maximum Gasteiger partial charge on any atom is 0.224 e. The smallest absolute Gasteiger partial charge is 0.224 e. The van der Waals surface area contributed by atoms with Crippen LogP contribution in [0.2, 0.25) is 0 Å². The van der Waals surface area contributed by atoms with Gasteiger partial charge in [-0.1, -0.05) is 54.6 Å². The molecule has 0 aromatic heterocycles. The van der Waals surface area contributed by atoms with Crippen LogP contribution in [-0.4, -0.2) is 25.0 Å². The first-order valence-electron chi connectivity index (χ1n) is 8.92. The lowest BCUT2D eigenvalue weighted by molar-refractivity contribution is -0.918. The van der Waals surface area contributed by atoms with E-state index in [4.69, 9.17) is 0 Å². The highest BCUT2D eigenvalue weighted by Crippen LogP contribution is 2.08.